The lowest BCUT2D eigenvalue weighted by Gasteiger charge is -2.14. The third kappa shape index (κ3) is 4.60. The van der Waals surface area contributed by atoms with E-state index in [4.69, 9.17) is 9.15 Å². The molecule has 0 aliphatic carbocycles. The summed E-state index contributed by atoms with van der Waals surface area (Å²) in [7, 11) is 0. The maximum atomic E-state index is 12.9. The zero-order valence-corrected chi connectivity index (χ0v) is 20.0. The standard InChI is InChI=1S/C27H20N2O6S/c1-17-9-10-19(15-22(17)29(32)33)23-12-11-20(35-23)16-25-26(30)28(27(31)36-25)13-14-34-24-8-4-6-18-5-2-3-7-21(18)24/h2-12,15-16H,13-14H2,1H3/b25-16-. The fraction of sp³-hybridized carbons (Fsp3) is 0.111. The number of furan rings is 1. The molecule has 0 unspecified atom stereocenters. The minimum Gasteiger partial charge on any atom is -0.491 e. The smallest absolute Gasteiger partial charge is 0.293 e. The lowest BCUT2D eigenvalue weighted by Crippen LogP contribution is -2.32. The van der Waals surface area contributed by atoms with Gasteiger partial charge in [0.1, 0.15) is 23.9 Å². The number of nitro benzene ring substituents is 1. The molecule has 0 saturated carbocycles. The number of carbonyl (C=O) groups is 2. The maximum absolute atomic E-state index is 12.9. The molecule has 3 aromatic carbocycles. The molecular formula is C27H20N2O6S. The summed E-state index contributed by atoms with van der Waals surface area (Å²) >= 11 is 0.832. The maximum Gasteiger partial charge on any atom is 0.293 e. The molecule has 180 valence electrons. The Labute approximate surface area is 210 Å². The number of rotatable bonds is 7. The molecule has 0 atom stereocenters. The Kier molecular flexibility index (Phi) is 6.30. The molecule has 0 bridgehead atoms. The van der Waals surface area contributed by atoms with Crippen LogP contribution in [0.2, 0.25) is 0 Å². The first-order valence-electron chi connectivity index (χ1n) is 11.1. The van der Waals surface area contributed by atoms with Crippen LogP contribution in [0.15, 0.2) is 82.1 Å². The van der Waals surface area contributed by atoms with E-state index in [0.717, 1.165) is 27.4 Å². The van der Waals surface area contributed by atoms with Crippen LogP contribution in [0.1, 0.15) is 11.3 Å². The van der Waals surface area contributed by atoms with E-state index in [1.165, 1.54) is 12.1 Å². The van der Waals surface area contributed by atoms with Crippen LogP contribution >= 0.6 is 11.8 Å². The van der Waals surface area contributed by atoms with Crippen molar-refractivity contribution in [2.45, 2.75) is 6.92 Å². The van der Waals surface area contributed by atoms with Gasteiger partial charge in [-0.3, -0.25) is 24.6 Å². The van der Waals surface area contributed by atoms with Gasteiger partial charge in [-0.15, -0.1) is 0 Å². The number of fused-ring (bicyclic) bond motifs is 1. The number of benzene rings is 3. The highest BCUT2D eigenvalue weighted by Gasteiger charge is 2.35. The molecule has 4 aromatic rings. The topological polar surface area (TPSA) is 103 Å². The first-order chi connectivity index (χ1) is 17.4. The average molecular weight is 501 g/mol. The summed E-state index contributed by atoms with van der Waals surface area (Å²) in [5, 5.41) is 12.9. The van der Waals surface area contributed by atoms with E-state index in [2.05, 4.69) is 0 Å². The van der Waals surface area contributed by atoms with Crippen molar-refractivity contribution in [2.24, 2.45) is 0 Å². The molecule has 2 heterocycles. The summed E-state index contributed by atoms with van der Waals surface area (Å²) in [6, 6.07) is 21.7. The van der Waals surface area contributed by atoms with Crippen molar-refractivity contribution in [2.75, 3.05) is 13.2 Å². The summed E-state index contributed by atoms with van der Waals surface area (Å²) in [6.07, 6.45) is 1.50. The van der Waals surface area contributed by atoms with E-state index in [-0.39, 0.29) is 29.0 Å². The monoisotopic (exact) mass is 500 g/mol. The van der Waals surface area contributed by atoms with E-state index >= 15 is 0 Å². The van der Waals surface area contributed by atoms with Gasteiger partial charge >= 0.3 is 0 Å². The van der Waals surface area contributed by atoms with Crippen molar-refractivity contribution in [1.29, 1.82) is 0 Å². The minimum absolute atomic E-state index is 0.00251. The lowest BCUT2D eigenvalue weighted by atomic mass is 10.1. The van der Waals surface area contributed by atoms with Crippen LogP contribution in [-0.2, 0) is 4.79 Å². The molecule has 1 aliphatic heterocycles. The van der Waals surface area contributed by atoms with Crippen molar-refractivity contribution in [3.05, 3.63) is 99.1 Å². The predicted octanol–water partition coefficient (Wildman–Crippen LogP) is 6.43. The van der Waals surface area contributed by atoms with Crippen LogP contribution < -0.4 is 4.74 Å². The van der Waals surface area contributed by atoms with Crippen molar-refractivity contribution in [3.63, 3.8) is 0 Å². The van der Waals surface area contributed by atoms with Gasteiger partial charge in [0.15, 0.2) is 0 Å². The molecule has 0 N–H and O–H groups in total. The van der Waals surface area contributed by atoms with E-state index in [9.17, 15) is 19.7 Å². The van der Waals surface area contributed by atoms with Crippen LogP contribution in [0, 0.1) is 17.0 Å². The first-order valence-corrected chi connectivity index (χ1v) is 11.9. The SMILES string of the molecule is Cc1ccc(-c2ccc(/C=C3\SC(=O)N(CCOc4cccc5ccccc45)C3=O)o2)cc1[N+](=O)[O-]. The van der Waals surface area contributed by atoms with Crippen LogP contribution in [0.4, 0.5) is 10.5 Å². The van der Waals surface area contributed by atoms with Crippen molar-refractivity contribution >= 4 is 45.4 Å². The highest BCUT2D eigenvalue weighted by atomic mass is 32.2. The molecule has 1 aromatic heterocycles. The molecule has 1 aliphatic rings. The van der Waals surface area contributed by atoms with Gasteiger partial charge in [0, 0.05) is 28.7 Å². The van der Waals surface area contributed by atoms with Gasteiger partial charge in [-0.25, -0.2) is 0 Å². The van der Waals surface area contributed by atoms with Gasteiger partial charge < -0.3 is 9.15 Å². The van der Waals surface area contributed by atoms with Gasteiger partial charge in [-0.2, -0.15) is 0 Å². The zero-order valence-electron chi connectivity index (χ0n) is 19.2. The van der Waals surface area contributed by atoms with E-state index in [1.54, 1.807) is 31.2 Å². The normalized spacial score (nSPS) is 14.7. The molecule has 0 radical (unpaired) electrons. The molecule has 0 spiro atoms. The number of nitrogens with zero attached hydrogens (tertiary/aromatic N) is 2. The Balaban J connectivity index is 1.27. The highest BCUT2D eigenvalue weighted by Crippen LogP contribution is 2.34. The Hall–Kier alpha value is -4.37. The molecule has 1 fully saturated rings. The number of imide groups is 1. The number of carbonyl (C=O) groups excluding carboxylic acids is 2. The molecule has 36 heavy (non-hydrogen) atoms. The van der Waals surface area contributed by atoms with Gasteiger partial charge in [-0.05, 0) is 42.3 Å². The average Bonchev–Trinajstić information content (AvgIpc) is 3.44. The molecule has 1 saturated heterocycles. The first kappa shape index (κ1) is 23.4. The van der Waals surface area contributed by atoms with Crippen LogP contribution in [0.3, 0.4) is 0 Å². The summed E-state index contributed by atoms with van der Waals surface area (Å²) in [6.45, 7) is 1.94. The summed E-state index contributed by atoms with van der Waals surface area (Å²) in [5.74, 6) is 1.06. The number of aryl methyl sites for hydroxylation is 1. The fourth-order valence-electron chi connectivity index (χ4n) is 3.94. The number of amides is 2. The minimum atomic E-state index is -0.442. The van der Waals surface area contributed by atoms with Gasteiger partial charge in [-0.1, -0.05) is 48.5 Å². The second kappa shape index (κ2) is 9.71. The molecule has 5 rings (SSSR count). The van der Waals surface area contributed by atoms with E-state index in [0.29, 0.717) is 28.4 Å². The van der Waals surface area contributed by atoms with Crippen LogP contribution in [-0.4, -0.2) is 34.1 Å². The predicted molar refractivity (Wildman–Crippen MR) is 138 cm³/mol. The third-order valence-electron chi connectivity index (χ3n) is 5.79. The zero-order chi connectivity index (χ0) is 25.2. The molecule has 2 amide bonds. The van der Waals surface area contributed by atoms with Gasteiger partial charge in [0.25, 0.3) is 16.8 Å². The second-order valence-corrected chi connectivity index (χ2v) is 9.11. The summed E-state index contributed by atoms with van der Waals surface area (Å²) in [4.78, 5) is 37.5. The number of hydrogen-bond acceptors (Lipinski definition) is 7. The van der Waals surface area contributed by atoms with E-state index in [1.807, 2.05) is 42.5 Å². The third-order valence-corrected chi connectivity index (χ3v) is 6.69. The molecular weight excluding hydrogens is 480 g/mol. The fourth-order valence-corrected chi connectivity index (χ4v) is 4.78. The highest BCUT2D eigenvalue weighted by molar-refractivity contribution is 8.18. The summed E-state index contributed by atoms with van der Waals surface area (Å²) in [5.41, 5.74) is 1.09. The Bertz CT molecular complexity index is 1540. The summed E-state index contributed by atoms with van der Waals surface area (Å²) < 4.78 is 11.7. The second-order valence-electron chi connectivity index (χ2n) is 8.12. The Morgan fingerprint density at radius 3 is 2.69 bits per heavy atom. The number of ether oxygens (including phenoxy) is 1. The molecule has 8 nitrogen and oxygen atoms in total. The van der Waals surface area contributed by atoms with Crippen LogP contribution in [0.25, 0.3) is 28.2 Å². The molecule has 9 heteroatoms. The van der Waals surface area contributed by atoms with Gasteiger partial charge in [0.05, 0.1) is 16.4 Å². The lowest BCUT2D eigenvalue weighted by molar-refractivity contribution is -0.385. The number of hydrogen-bond donors (Lipinski definition) is 0. The number of nitro groups is 1. The Morgan fingerprint density at radius 2 is 1.86 bits per heavy atom. The van der Waals surface area contributed by atoms with Crippen molar-refractivity contribution < 1.29 is 23.7 Å². The van der Waals surface area contributed by atoms with E-state index < -0.39 is 10.8 Å². The quantitative estimate of drug-likeness (QED) is 0.164. The Morgan fingerprint density at radius 1 is 1.06 bits per heavy atom. The van der Waals surface area contributed by atoms with Crippen molar-refractivity contribution in [1.82, 2.24) is 4.90 Å². The van der Waals surface area contributed by atoms with Crippen LogP contribution in [0.5, 0.6) is 5.75 Å². The largest absolute Gasteiger partial charge is 0.491 e. The number of thioether (sulfide) groups is 1. The van der Waals surface area contributed by atoms with Gasteiger partial charge in [0.2, 0.25) is 0 Å². The van der Waals surface area contributed by atoms with Crippen molar-refractivity contribution in [3.8, 4) is 17.1 Å².